The van der Waals surface area contributed by atoms with Crippen LogP contribution >= 0.6 is 0 Å². The van der Waals surface area contributed by atoms with Gasteiger partial charge in [0.05, 0.1) is 12.5 Å². The molecule has 8 heteroatoms. The first-order chi connectivity index (χ1) is 14.4. The molecule has 8 nitrogen and oxygen atoms in total. The molecule has 1 unspecified atom stereocenters. The van der Waals surface area contributed by atoms with Gasteiger partial charge >= 0.3 is 0 Å². The summed E-state index contributed by atoms with van der Waals surface area (Å²) in [6.07, 6.45) is 0.811. The number of hydrogen-bond donors (Lipinski definition) is 1. The predicted molar refractivity (Wildman–Crippen MR) is 113 cm³/mol. The molecule has 0 radical (unpaired) electrons. The number of carbonyl (C=O) groups is 3. The van der Waals surface area contributed by atoms with Crippen LogP contribution < -0.4 is 5.32 Å². The summed E-state index contributed by atoms with van der Waals surface area (Å²) in [6, 6.07) is 11.0. The monoisotopic (exact) mass is 411 g/mol. The molecule has 1 atom stereocenters. The fourth-order valence-corrected chi connectivity index (χ4v) is 3.77. The van der Waals surface area contributed by atoms with E-state index in [4.69, 9.17) is 0 Å². The lowest BCUT2D eigenvalue weighted by molar-refractivity contribution is -0.132. The van der Waals surface area contributed by atoms with E-state index in [2.05, 4.69) is 10.4 Å². The van der Waals surface area contributed by atoms with Crippen LogP contribution in [0.5, 0.6) is 0 Å². The number of aryl methyl sites for hydroxylation is 2. The molecule has 0 bridgehead atoms. The van der Waals surface area contributed by atoms with Gasteiger partial charge in [-0.1, -0.05) is 30.3 Å². The molecule has 1 aromatic carbocycles. The second-order valence-corrected chi connectivity index (χ2v) is 7.63. The normalized spacial score (nSPS) is 18.5. The van der Waals surface area contributed by atoms with Crippen molar-refractivity contribution in [2.75, 3.05) is 26.2 Å². The highest BCUT2D eigenvalue weighted by Gasteiger charge is 2.27. The number of rotatable bonds is 2. The number of nitrogens with zero attached hydrogens (tertiary/aromatic N) is 4. The SMILES string of the molecule is CC(=O)N1CCCN(C(=O)c2cc(C)n(C)n2)CCNC(=O)CC1c1ccccc1. The molecule has 2 heterocycles. The molecule has 2 aromatic rings. The van der Waals surface area contributed by atoms with Gasteiger partial charge in [0.25, 0.3) is 5.91 Å². The summed E-state index contributed by atoms with van der Waals surface area (Å²) >= 11 is 0. The molecule has 1 fully saturated rings. The topological polar surface area (TPSA) is 87.5 Å². The van der Waals surface area contributed by atoms with Crippen LogP contribution in [0.15, 0.2) is 36.4 Å². The van der Waals surface area contributed by atoms with Crippen LogP contribution in [0.2, 0.25) is 0 Å². The van der Waals surface area contributed by atoms with Crippen LogP contribution in [0.3, 0.4) is 0 Å². The quantitative estimate of drug-likeness (QED) is 0.814. The Morgan fingerprint density at radius 2 is 1.87 bits per heavy atom. The lowest BCUT2D eigenvalue weighted by Gasteiger charge is -2.31. The minimum atomic E-state index is -0.329. The highest BCUT2D eigenvalue weighted by atomic mass is 16.2. The van der Waals surface area contributed by atoms with Crippen molar-refractivity contribution in [3.63, 3.8) is 0 Å². The van der Waals surface area contributed by atoms with E-state index in [1.165, 1.54) is 6.92 Å². The molecule has 3 amide bonds. The van der Waals surface area contributed by atoms with Gasteiger partial charge < -0.3 is 15.1 Å². The molecule has 1 aromatic heterocycles. The average Bonchev–Trinajstić information content (AvgIpc) is 3.04. The maximum Gasteiger partial charge on any atom is 0.274 e. The van der Waals surface area contributed by atoms with Crippen molar-refractivity contribution in [3.8, 4) is 0 Å². The second kappa shape index (κ2) is 9.56. The first kappa shape index (κ1) is 21.5. The molecule has 0 spiro atoms. The van der Waals surface area contributed by atoms with Gasteiger partial charge in [-0.3, -0.25) is 19.1 Å². The fraction of sp³-hybridized carbons (Fsp3) is 0.455. The lowest BCUT2D eigenvalue weighted by Crippen LogP contribution is -2.39. The summed E-state index contributed by atoms with van der Waals surface area (Å²) in [5.74, 6) is -0.395. The van der Waals surface area contributed by atoms with E-state index in [1.54, 1.807) is 27.6 Å². The van der Waals surface area contributed by atoms with Crippen molar-refractivity contribution in [3.05, 3.63) is 53.3 Å². The third-order valence-electron chi connectivity index (χ3n) is 5.49. The molecule has 0 saturated carbocycles. The Hall–Kier alpha value is -3.16. The Bertz CT molecular complexity index is 889. The van der Waals surface area contributed by atoms with E-state index < -0.39 is 0 Å². The minimum absolute atomic E-state index is 0.0888. The van der Waals surface area contributed by atoms with E-state index in [0.717, 1.165) is 11.3 Å². The molecule has 0 aliphatic carbocycles. The third-order valence-corrected chi connectivity index (χ3v) is 5.49. The van der Waals surface area contributed by atoms with Gasteiger partial charge in [-0.15, -0.1) is 0 Å². The maximum atomic E-state index is 13.0. The predicted octanol–water partition coefficient (Wildman–Crippen LogP) is 1.67. The molecular weight excluding hydrogens is 382 g/mol. The van der Waals surface area contributed by atoms with Gasteiger partial charge in [0.2, 0.25) is 11.8 Å². The Morgan fingerprint density at radius 1 is 1.13 bits per heavy atom. The lowest BCUT2D eigenvalue weighted by atomic mass is 10.0. The highest BCUT2D eigenvalue weighted by molar-refractivity contribution is 5.92. The van der Waals surface area contributed by atoms with Crippen LogP contribution in [-0.2, 0) is 16.6 Å². The number of benzene rings is 1. The van der Waals surface area contributed by atoms with E-state index in [0.29, 0.717) is 38.3 Å². The number of hydrogen-bond acceptors (Lipinski definition) is 4. The summed E-state index contributed by atoms with van der Waals surface area (Å²) in [5.41, 5.74) is 2.22. The van der Waals surface area contributed by atoms with Crippen molar-refractivity contribution in [1.82, 2.24) is 24.9 Å². The highest BCUT2D eigenvalue weighted by Crippen LogP contribution is 2.25. The minimum Gasteiger partial charge on any atom is -0.354 e. The first-order valence-electron chi connectivity index (χ1n) is 10.3. The van der Waals surface area contributed by atoms with Crippen molar-refractivity contribution in [1.29, 1.82) is 0 Å². The van der Waals surface area contributed by atoms with Crippen molar-refractivity contribution < 1.29 is 14.4 Å². The summed E-state index contributed by atoms with van der Waals surface area (Å²) in [6.45, 7) is 5.12. The van der Waals surface area contributed by atoms with Crippen molar-refractivity contribution >= 4 is 17.7 Å². The van der Waals surface area contributed by atoms with Gasteiger partial charge in [0.15, 0.2) is 5.69 Å². The zero-order valence-corrected chi connectivity index (χ0v) is 17.8. The zero-order chi connectivity index (χ0) is 21.7. The molecular formula is C22H29N5O3. The Labute approximate surface area is 176 Å². The average molecular weight is 412 g/mol. The largest absolute Gasteiger partial charge is 0.354 e. The van der Waals surface area contributed by atoms with Gasteiger partial charge in [0.1, 0.15) is 0 Å². The van der Waals surface area contributed by atoms with E-state index in [-0.39, 0.29) is 30.2 Å². The van der Waals surface area contributed by atoms with Crippen molar-refractivity contribution in [2.24, 2.45) is 7.05 Å². The Kier molecular flexibility index (Phi) is 6.87. The molecule has 1 aliphatic heterocycles. The standard InChI is InChI=1S/C22H29N5O3/c1-16-14-19(24-25(16)3)22(30)26-11-7-12-27(17(2)28)20(15-21(29)23-10-13-26)18-8-5-4-6-9-18/h4-6,8-9,14,20H,7,10-13,15H2,1-3H3,(H,23,29). The van der Waals surface area contributed by atoms with Crippen LogP contribution in [-0.4, -0.2) is 63.5 Å². The molecule has 1 N–H and O–H groups in total. The second-order valence-electron chi connectivity index (χ2n) is 7.63. The van der Waals surface area contributed by atoms with E-state index in [1.807, 2.05) is 37.3 Å². The molecule has 1 saturated heterocycles. The zero-order valence-electron chi connectivity index (χ0n) is 17.8. The third kappa shape index (κ3) is 5.06. The van der Waals surface area contributed by atoms with Crippen LogP contribution in [0.4, 0.5) is 0 Å². The van der Waals surface area contributed by atoms with Crippen molar-refractivity contribution in [2.45, 2.75) is 32.7 Å². The van der Waals surface area contributed by atoms with E-state index >= 15 is 0 Å². The Balaban J connectivity index is 1.81. The molecule has 160 valence electrons. The van der Waals surface area contributed by atoms with Gasteiger partial charge in [-0.25, -0.2) is 0 Å². The van der Waals surface area contributed by atoms with Crippen LogP contribution in [0.1, 0.15) is 47.6 Å². The molecule has 1 aliphatic rings. The molecule has 3 rings (SSSR count). The maximum absolute atomic E-state index is 13.0. The summed E-state index contributed by atoms with van der Waals surface area (Å²) < 4.78 is 1.67. The molecule has 30 heavy (non-hydrogen) atoms. The summed E-state index contributed by atoms with van der Waals surface area (Å²) in [5, 5.41) is 7.18. The van der Waals surface area contributed by atoms with Gasteiger partial charge in [-0.05, 0) is 25.0 Å². The smallest absolute Gasteiger partial charge is 0.274 e. The van der Waals surface area contributed by atoms with Crippen LogP contribution in [0.25, 0.3) is 0 Å². The number of nitrogens with one attached hydrogen (secondary N) is 1. The van der Waals surface area contributed by atoms with E-state index in [9.17, 15) is 14.4 Å². The number of aromatic nitrogens is 2. The summed E-state index contributed by atoms with van der Waals surface area (Å²) in [4.78, 5) is 41.4. The first-order valence-corrected chi connectivity index (χ1v) is 10.3. The number of carbonyl (C=O) groups excluding carboxylic acids is 3. The Morgan fingerprint density at radius 3 is 2.50 bits per heavy atom. The van der Waals surface area contributed by atoms with Gasteiger partial charge in [-0.2, -0.15) is 5.10 Å². The summed E-state index contributed by atoms with van der Waals surface area (Å²) in [7, 11) is 1.80. The fourth-order valence-electron chi connectivity index (χ4n) is 3.77. The van der Waals surface area contributed by atoms with Gasteiger partial charge in [0, 0.05) is 45.8 Å². The van der Waals surface area contributed by atoms with Crippen LogP contribution in [0, 0.1) is 6.92 Å². The number of amides is 3.